The zero-order valence-corrected chi connectivity index (χ0v) is 17.5. The number of rotatable bonds is 8. The molecule has 5 nitrogen and oxygen atoms in total. The van der Waals surface area contributed by atoms with Crippen LogP contribution in [0.1, 0.15) is 23.9 Å². The van der Waals surface area contributed by atoms with Crippen molar-refractivity contribution in [1.82, 2.24) is 15.3 Å². The average Bonchev–Trinajstić information content (AvgIpc) is 3.14. The third-order valence-corrected chi connectivity index (χ3v) is 5.62. The zero-order chi connectivity index (χ0) is 19.9. The van der Waals surface area contributed by atoms with Crippen molar-refractivity contribution in [1.29, 1.82) is 0 Å². The van der Waals surface area contributed by atoms with Crippen LogP contribution >= 0.6 is 22.9 Å². The van der Waals surface area contributed by atoms with E-state index in [1.54, 1.807) is 29.8 Å². The summed E-state index contributed by atoms with van der Waals surface area (Å²) in [6.07, 6.45) is 4.77. The van der Waals surface area contributed by atoms with E-state index in [-0.39, 0.29) is 11.9 Å². The van der Waals surface area contributed by atoms with Crippen LogP contribution in [0.5, 0.6) is 0 Å². The van der Waals surface area contributed by atoms with Crippen LogP contribution in [-0.2, 0) is 11.2 Å². The topological polar surface area (TPSA) is 66.9 Å². The molecule has 28 heavy (non-hydrogen) atoms. The highest BCUT2D eigenvalue weighted by Crippen LogP contribution is 2.21. The van der Waals surface area contributed by atoms with Gasteiger partial charge in [0, 0.05) is 59.5 Å². The molecule has 0 radical (unpaired) electrons. The normalized spacial score (nSPS) is 12.0. The molecule has 1 amide bonds. The SMILES string of the molecule is Cc1ccc(NC(=O)CC(C)NCCc2nc(-c3ccncc3)cs2)cc1Cl. The lowest BCUT2D eigenvalue weighted by molar-refractivity contribution is -0.116. The first kappa shape index (κ1) is 20.5. The summed E-state index contributed by atoms with van der Waals surface area (Å²) in [4.78, 5) is 20.9. The van der Waals surface area contributed by atoms with Gasteiger partial charge < -0.3 is 10.6 Å². The maximum absolute atomic E-state index is 12.2. The summed E-state index contributed by atoms with van der Waals surface area (Å²) < 4.78 is 0. The zero-order valence-electron chi connectivity index (χ0n) is 15.9. The fourth-order valence-corrected chi connectivity index (χ4v) is 3.73. The van der Waals surface area contributed by atoms with Crippen molar-refractivity contribution in [2.24, 2.45) is 0 Å². The molecule has 0 aliphatic heterocycles. The molecule has 0 fully saturated rings. The maximum atomic E-state index is 12.2. The van der Waals surface area contributed by atoms with Gasteiger partial charge in [0.2, 0.25) is 5.91 Å². The summed E-state index contributed by atoms with van der Waals surface area (Å²) in [5.41, 5.74) is 3.77. The van der Waals surface area contributed by atoms with E-state index in [4.69, 9.17) is 11.6 Å². The number of thiazole rings is 1. The maximum Gasteiger partial charge on any atom is 0.225 e. The lowest BCUT2D eigenvalue weighted by atomic mass is 10.2. The van der Waals surface area contributed by atoms with E-state index in [0.29, 0.717) is 11.4 Å². The first-order valence-electron chi connectivity index (χ1n) is 9.15. The van der Waals surface area contributed by atoms with Crippen molar-refractivity contribution in [2.75, 3.05) is 11.9 Å². The Labute approximate surface area is 174 Å². The van der Waals surface area contributed by atoms with E-state index < -0.39 is 0 Å². The van der Waals surface area contributed by atoms with E-state index in [1.165, 1.54) is 0 Å². The Morgan fingerprint density at radius 3 is 2.79 bits per heavy atom. The van der Waals surface area contributed by atoms with Gasteiger partial charge in [-0.1, -0.05) is 17.7 Å². The fourth-order valence-electron chi connectivity index (χ4n) is 2.74. The number of hydrogen-bond donors (Lipinski definition) is 2. The lowest BCUT2D eigenvalue weighted by Crippen LogP contribution is -2.32. The summed E-state index contributed by atoms with van der Waals surface area (Å²) in [7, 11) is 0. The molecule has 1 atom stereocenters. The minimum Gasteiger partial charge on any atom is -0.326 e. The fraction of sp³-hybridized carbons (Fsp3) is 0.286. The number of benzene rings is 1. The Balaban J connectivity index is 1.42. The number of nitrogens with one attached hydrogen (secondary N) is 2. The Morgan fingerprint density at radius 1 is 1.25 bits per heavy atom. The van der Waals surface area contributed by atoms with Gasteiger partial charge in [-0.3, -0.25) is 9.78 Å². The summed E-state index contributed by atoms with van der Waals surface area (Å²) in [5, 5.41) is 10.1. The second kappa shape index (κ2) is 9.78. The van der Waals surface area contributed by atoms with E-state index in [1.807, 2.05) is 38.1 Å². The highest BCUT2D eigenvalue weighted by Gasteiger charge is 2.10. The van der Waals surface area contributed by atoms with E-state index in [2.05, 4.69) is 26.0 Å². The van der Waals surface area contributed by atoms with Crippen molar-refractivity contribution in [3.8, 4) is 11.3 Å². The number of pyridine rings is 1. The van der Waals surface area contributed by atoms with Gasteiger partial charge in [0.1, 0.15) is 0 Å². The number of carbonyl (C=O) groups is 1. The smallest absolute Gasteiger partial charge is 0.225 e. The van der Waals surface area contributed by atoms with Crippen molar-refractivity contribution in [3.63, 3.8) is 0 Å². The summed E-state index contributed by atoms with van der Waals surface area (Å²) in [5.74, 6) is -0.0332. The predicted molar refractivity (Wildman–Crippen MR) is 116 cm³/mol. The van der Waals surface area contributed by atoms with Gasteiger partial charge in [0.15, 0.2) is 0 Å². The summed E-state index contributed by atoms with van der Waals surface area (Å²) >= 11 is 7.75. The molecule has 1 unspecified atom stereocenters. The minimum absolute atomic E-state index is 0.0332. The monoisotopic (exact) mass is 414 g/mol. The van der Waals surface area contributed by atoms with Crippen LogP contribution in [0, 0.1) is 6.92 Å². The molecule has 7 heteroatoms. The Morgan fingerprint density at radius 2 is 2.04 bits per heavy atom. The van der Waals surface area contributed by atoms with Gasteiger partial charge in [-0.25, -0.2) is 4.98 Å². The molecule has 0 aliphatic rings. The van der Waals surface area contributed by atoms with Crippen molar-refractivity contribution in [2.45, 2.75) is 32.7 Å². The quantitative estimate of drug-likeness (QED) is 0.559. The Hall–Kier alpha value is -2.28. The lowest BCUT2D eigenvalue weighted by Gasteiger charge is -2.13. The summed E-state index contributed by atoms with van der Waals surface area (Å²) in [6.45, 7) is 4.71. The standard InChI is InChI=1S/C21H23ClN4OS/c1-14-3-4-17(12-18(14)22)25-20(27)11-15(2)24-10-7-21-26-19(13-28-21)16-5-8-23-9-6-16/h3-6,8-9,12-13,15,24H,7,10-11H2,1-2H3,(H,25,27). The van der Waals surface area contributed by atoms with Gasteiger partial charge >= 0.3 is 0 Å². The van der Waals surface area contributed by atoms with E-state index >= 15 is 0 Å². The number of amides is 1. The van der Waals surface area contributed by atoms with Crippen LogP contribution in [0.4, 0.5) is 5.69 Å². The molecule has 0 bridgehead atoms. The van der Waals surface area contributed by atoms with Crippen molar-refractivity contribution >= 4 is 34.5 Å². The number of nitrogens with zero attached hydrogens (tertiary/aromatic N) is 2. The van der Waals surface area contributed by atoms with Gasteiger partial charge in [-0.05, 0) is 43.7 Å². The van der Waals surface area contributed by atoms with Gasteiger partial charge in [0.25, 0.3) is 0 Å². The Bertz CT molecular complexity index is 929. The molecule has 146 valence electrons. The molecule has 0 saturated heterocycles. The largest absolute Gasteiger partial charge is 0.326 e. The Kier molecular flexibility index (Phi) is 7.14. The van der Waals surface area contributed by atoms with Crippen LogP contribution < -0.4 is 10.6 Å². The molecule has 0 saturated carbocycles. The second-order valence-corrected chi connectivity index (χ2v) is 8.03. The highest BCUT2D eigenvalue weighted by molar-refractivity contribution is 7.09. The molecule has 3 aromatic rings. The molecule has 0 aliphatic carbocycles. The van der Waals surface area contributed by atoms with Gasteiger partial charge in [0.05, 0.1) is 10.7 Å². The second-order valence-electron chi connectivity index (χ2n) is 6.68. The third kappa shape index (κ3) is 5.86. The van der Waals surface area contributed by atoms with E-state index in [9.17, 15) is 4.79 Å². The van der Waals surface area contributed by atoms with Crippen LogP contribution in [0.25, 0.3) is 11.3 Å². The first-order chi connectivity index (χ1) is 13.5. The number of halogens is 1. The minimum atomic E-state index is -0.0332. The van der Waals surface area contributed by atoms with Gasteiger partial charge in [-0.2, -0.15) is 0 Å². The molecule has 2 N–H and O–H groups in total. The molecule has 2 heterocycles. The average molecular weight is 415 g/mol. The van der Waals surface area contributed by atoms with Crippen LogP contribution in [0.15, 0.2) is 48.1 Å². The molecular formula is C21H23ClN4OS. The summed E-state index contributed by atoms with van der Waals surface area (Å²) in [6, 6.07) is 9.52. The van der Waals surface area contributed by atoms with E-state index in [0.717, 1.165) is 40.5 Å². The third-order valence-electron chi connectivity index (χ3n) is 4.31. The highest BCUT2D eigenvalue weighted by atomic mass is 35.5. The molecule has 2 aromatic heterocycles. The number of aromatic nitrogens is 2. The van der Waals surface area contributed by atoms with Crippen molar-refractivity contribution in [3.05, 3.63) is 63.7 Å². The van der Waals surface area contributed by atoms with Crippen molar-refractivity contribution < 1.29 is 4.79 Å². The number of aryl methyl sites for hydroxylation is 1. The predicted octanol–water partition coefficient (Wildman–Crippen LogP) is 4.72. The first-order valence-corrected chi connectivity index (χ1v) is 10.4. The van der Waals surface area contributed by atoms with Crippen LogP contribution in [-0.4, -0.2) is 28.5 Å². The number of carbonyl (C=O) groups excluding carboxylic acids is 1. The molecular weight excluding hydrogens is 392 g/mol. The molecule has 3 rings (SSSR count). The van der Waals surface area contributed by atoms with Crippen LogP contribution in [0.2, 0.25) is 5.02 Å². The number of hydrogen-bond acceptors (Lipinski definition) is 5. The number of anilines is 1. The van der Waals surface area contributed by atoms with Crippen LogP contribution in [0.3, 0.4) is 0 Å². The molecule has 0 spiro atoms. The molecule has 1 aromatic carbocycles. The van der Waals surface area contributed by atoms with Gasteiger partial charge in [-0.15, -0.1) is 11.3 Å².